The fourth-order valence-corrected chi connectivity index (χ4v) is 6.05. The number of benzene rings is 2. The van der Waals surface area contributed by atoms with E-state index in [1.165, 1.54) is 44.8 Å². The number of nitrogens with zero attached hydrogens (tertiary/aromatic N) is 2. The maximum atomic E-state index is 13.8. The van der Waals surface area contributed by atoms with Crippen LogP contribution < -0.4 is 29.1 Å². The molecule has 0 amide bonds. The summed E-state index contributed by atoms with van der Waals surface area (Å²) in [5.41, 5.74) is 2.01. The second kappa shape index (κ2) is 9.30. The predicted octanol–water partition coefficient (Wildman–Crippen LogP) is 3.77. The molecule has 2 heterocycles. The Balaban J connectivity index is 1.80. The van der Waals surface area contributed by atoms with Gasteiger partial charge in [-0.2, -0.15) is 0 Å². The van der Waals surface area contributed by atoms with Gasteiger partial charge in [0.1, 0.15) is 5.82 Å². The Morgan fingerprint density at radius 2 is 1.68 bits per heavy atom. The van der Waals surface area contributed by atoms with Crippen molar-refractivity contribution in [2.24, 2.45) is 10.4 Å². The molecule has 9 heteroatoms. The number of allylic oxidation sites excluding steroid dienone is 2. The zero-order valence-electron chi connectivity index (χ0n) is 21.3. The van der Waals surface area contributed by atoms with Crippen LogP contribution in [0, 0.1) is 11.2 Å². The highest BCUT2D eigenvalue weighted by Crippen LogP contribution is 2.46. The highest BCUT2D eigenvalue weighted by molar-refractivity contribution is 7.07. The number of aromatic nitrogens is 1. The van der Waals surface area contributed by atoms with Gasteiger partial charge in [-0.25, -0.2) is 9.38 Å². The minimum Gasteiger partial charge on any atom is -0.493 e. The lowest BCUT2D eigenvalue weighted by Gasteiger charge is -2.35. The number of carbonyl (C=O) groups excluding carboxylic acids is 1. The molecule has 0 spiro atoms. The summed E-state index contributed by atoms with van der Waals surface area (Å²) in [5.74, 6) is 0.875. The molecule has 1 aliphatic carbocycles. The molecule has 0 bridgehead atoms. The van der Waals surface area contributed by atoms with Crippen LogP contribution in [-0.4, -0.2) is 31.7 Å². The smallest absolute Gasteiger partial charge is 0.271 e. The van der Waals surface area contributed by atoms with Crippen LogP contribution in [0.2, 0.25) is 0 Å². The predicted molar refractivity (Wildman–Crippen MR) is 139 cm³/mol. The highest BCUT2D eigenvalue weighted by Gasteiger charge is 2.41. The SMILES string of the molecule is COc1cc(C2C3=C(CC(C)(C)CC3=O)N=c3sc(=Cc4ccc(F)cc4)c(=O)n32)cc(OC)c1OC. The molecule has 192 valence electrons. The van der Waals surface area contributed by atoms with Crippen LogP contribution in [0.15, 0.2) is 57.5 Å². The van der Waals surface area contributed by atoms with Crippen molar-refractivity contribution in [1.82, 2.24) is 4.57 Å². The van der Waals surface area contributed by atoms with Crippen molar-refractivity contribution in [3.8, 4) is 17.2 Å². The lowest BCUT2D eigenvalue weighted by molar-refractivity contribution is -0.118. The van der Waals surface area contributed by atoms with Gasteiger partial charge in [-0.15, -0.1) is 0 Å². The van der Waals surface area contributed by atoms with Crippen molar-refractivity contribution in [2.45, 2.75) is 32.7 Å². The molecule has 0 fully saturated rings. The number of ketones is 1. The Hall–Kier alpha value is -3.72. The van der Waals surface area contributed by atoms with E-state index in [1.54, 1.807) is 34.9 Å². The third kappa shape index (κ3) is 4.37. The largest absolute Gasteiger partial charge is 0.493 e. The maximum absolute atomic E-state index is 13.8. The lowest BCUT2D eigenvalue weighted by atomic mass is 9.73. The van der Waals surface area contributed by atoms with Crippen LogP contribution in [-0.2, 0) is 4.79 Å². The van der Waals surface area contributed by atoms with Gasteiger partial charge in [-0.05, 0) is 53.3 Å². The summed E-state index contributed by atoms with van der Waals surface area (Å²) >= 11 is 1.25. The number of fused-ring (bicyclic) bond motifs is 1. The Bertz CT molecular complexity index is 1590. The van der Waals surface area contributed by atoms with Crippen molar-refractivity contribution in [3.63, 3.8) is 0 Å². The Kier molecular flexibility index (Phi) is 6.27. The standard InChI is InChI=1S/C28H27FN2O5S/c1-28(2)13-18-23(19(32)14-28)24(16-11-20(34-3)25(36-5)21(12-16)35-4)31-26(33)22(37-27(31)30-18)10-15-6-8-17(29)9-7-15/h6-12,24H,13-14H2,1-5H3. The summed E-state index contributed by atoms with van der Waals surface area (Å²) in [6.07, 6.45) is 2.67. The molecule has 3 aromatic rings. The number of carbonyl (C=O) groups is 1. The minimum absolute atomic E-state index is 0.0402. The lowest BCUT2D eigenvalue weighted by Crippen LogP contribution is -2.42. The molecule has 1 atom stereocenters. The number of hydrogen-bond acceptors (Lipinski definition) is 7. The van der Waals surface area contributed by atoms with E-state index in [9.17, 15) is 14.0 Å². The normalized spacial score (nSPS) is 18.7. The van der Waals surface area contributed by atoms with Crippen molar-refractivity contribution >= 4 is 23.2 Å². The monoisotopic (exact) mass is 522 g/mol. The van der Waals surface area contributed by atoms with E-state index in [0.717, 1.165) is 0 Å². The van der Waals surface area contributed by atoms with E-state index in [1.807, 2.05) is 13.8 Å². The average Bonchev–Trinajstić information content (AvgIpc) is 3.16. The van der Waals surface area contributed by atoms with Crippen LogP contribution in [0.4, 0.5) is 4.39 Å². The first-order valence-corrected chi connectivity index (χ1v) is 12.6. The number of methoxy groups -OCH3 is 3. The van der Waals surface area contributed by atoms with E-state index in [-0.39, 0.29) is 22.6 Å². The maximum Gasteiger partial charge on any atom is 0.271 e. The third-order valence-corrected chi connectivity index (χ3v) is 7.65. The van der Waals surface area contributed by atoms with Crippen molar-refractivity contribution in [3.05, 3.63) is 84.3 Å². The van der Waals surface area contributed by atoms with Gasteiger partial charge in [0.25, 0.3) is 5.56 Å². The summed E-state index contributed by atoms with van der Waals surface area (Å²) in [7, 11) is 4.56. The third-order valence-electron chi connectivity index (χ3n) is 6.67. The van der Waals surface area contributed by atoms with Gasteiger partial charge in [0.05, 0.1) is 37.6 Å². The molecule has 37 heavy (non-hydrogen) atoms. The summed E-state index contributed by atoms with van der Waals surface area (Å²) in [5, 5.41) is 0. The minimum atomic E-state index is -0.709. The molecule has 0 saturated carbocycles. The van der Waals surface area contributed by atoms with Crippen molar-refractivity contribution < 1.29 is 23.4 Å². The molecule has 0 radical (unpaired) electrons. The molecule has 2 aliphatic rings. The molecule has 0 saturated heterocycles. The van der Waals surface area contributed by atoms with Gasteiger partial charge in [0, 0.05) is 12.0 Å². The number of thiazole rings is 1. The zero-order chi connectivity index (χ0) is 26.5. The van der Waals surface area contributed by atoms with Crippen molar-refractivity contribution in [1.29, 1.82) is 0 Å². The topological polar surface area (TPSA) is 79.1 Å². The van der Waals surface area contributed by atoms with Gasteiger partial charge in [-0.1, -0.05) is 37.3 Å². The first-order valence-electron chi connectivity index (χ1n) is 11.8. The van der Waals surface area contributed by atoms with Crippen LogP contribution in [0.3, 0.4) is 0 Å². The molecular weight excluding hydrogens is 495 g/mol. The first-order chi connectivity index (χ1) is 17.7. The molecular formula is C28H27FN2O5S. The quantitative estimate of drug-likeness (QED) is 0.510. The molecule has 1 aromatic heterocycles. The zero-order valence-corrected chi connectivity index (χ0v) is 22.1. The first kappa shape index (κ1) is 25.0. The van der Waals surface area contributed by atoms with Crippen LogP contribution in [0.5, 0.6) is 17.2 Å². The van der Waals surface area contributed by atoms with Gasteiger partial charge in [-0.3, -0.25) is 14.2 Å². The average molecular weight is 523 g/mol. The van der Waals surface area contributed by atoms with Crippen LogP contribution >= 0.6 is 11.3 Å². The molecule has 7 nitrogen and oxygen atoms in total. The number of rotatable bonds is 5. The highest BCUT2D eigenvalue weighted by atomic mass is 32.1. The Morgan fingerprint density at radius 3 is 2.27 bits per heavy atom. The van der Waals surface area contributed by atoms with Gasteiger partial charge in [0.15, 0.2) is 22.1 Å². The molecule has 0 N–H and O–H groups in total. The summed E-state index contributed by atoms with van der Waals surface area (Å²) in [6, 6.07) is 8.75. The van der Waals surface area contributed by atoms with E-state index < -0.39 is 6.04 Å². The summed E-state index contributed by atoms with van der Waals surface area (Å²) in [4.78, 5) is 32.7. The molecule has 1 unspecified atom stereocenters. The van der Waals surface area contributed by atoms with Gasteiger partial charge < -0.3 is 14.2 Å². The fourth-order valence-electron chi connectivity index (χ4n) is 5.03. The summed E-state index contributed by atoms with van der Waals surface area (Å²) < 4.78 is 32.0. The van der Waals surface area contributed by atoms with Crippen LogP contribution in [0.1, 0.15) is 43.9 Å². The van der Waals surface area contributed by atoms with E-state index in [2.05, 4.69) is 0 Å². The number of halogens is 1. The second-order valence-electron chi connectivity index (χ2n) is 9.89. The van der Waals surface area contributed by atoms with Gasteiger partial charge >= 0.3 is 0 Å². The number of hydrogen-bond donors (Lipinski definition) is 0. The van der Waals surface area contributed by atoms with Gasteiger partial charge in [0.2, 0.25) is 5.75 Å². The molecule has 2 aromatic carbocycles. The number of Topliss-reactive ketones (excluding diaryl/α,β-unsaturated/α-hetero) is 1. The fraction of sp³-hybridized carbons (Fsp3) is 0.321. The van der Waals surface area contributed by atoms with E-state index in [4.69, 9.17) is 19.2 Å². The summed E-state index contributed by atoms with van der Waals surface area (Å²) in [6.45, 7) is 4.09. The van der Waals surface area contributed by atoms with E-state index in [0.29, 0.717) is 61.8 Å². The molecule has 1 aliphatic heterocycles. The Morgan fingerprint density at radius 1 is 1.03 bits per heavy atom. The Labute approximate surface area is 217 Å². The van der Waals surface area contributed by atoms with Crippen LogP contribution in [0.25, 0.3) is 6.08 Å². The van der Waals surface area contributed by atoms with E-state index >= 15 is 0 Å². The van der Waals surface area contributed by atoms with Crippen molar-refractivity contribution in [2.75, 3.05) is 21.3 Å². The number of ether oxygens (including phenoxy) is 3. The molecule has 5 rings (SSSR count). The second-order valence-corrected chi connectivity index (χ2v) is 10.9.